The highest BCUT2D eigenvalue weighted by atomic mass is 35.5. The Hall–Kier alpha value is -1.53. The monoisotopic (exact) mass is 343 g/mol. The lowest BCUT2D eigenvalue weighted by Gasteiger charge is -2.20. The molecule has 0 N–H and O–H groups in total. The van der Waals surface area contributed by atoms with Crippen LogP contribution in [0.15, 0.2) is 18.6 Å². The Morgan fingerprint density at radius 2 is 2.09 bits per heavy atom. The van der Waals surface area contributed by atoms with E-state index in [-0.39, 0.29) is 11.8 Å². The molecular formula is C14H19Cl2N5O. The van der Waals surface area contributed by atoms with Crippen LogP contribution >= 0.6 is 23.2 Å². The minimum atomic E-state index is -0.215. The molecule has 0 aromatic carbocycles. The molecule has 0 saturated carbocycles. The smallest absolute Gasteiger partial charge is 0.227 e. The number of aryl methyl sites for hydroxylation is 1. The summed E-state index contributed by atoms with van der Waals surface area (Å²) in [7, 11) is 1.75. The molecule has 2 aromatic heterocycles. The molecule has 22 heavy (non-hydrogen) atoms. The predicted octanol–water partition coefficient (Wildman–Crippen LogP) is 2.70. The molecule has 0 aliphatic heterocycles. The van der Waals surface area contributed by atoms with Gasteiger partial charge in [-0.15, -0.1) is 0 Å². The van der Waals surface area contributed by atoms with Crippen molar-refractivity contribution in [1.29, 1.82) is 0 Å². The van der Waals surface area contributed by atoms with Gasteiger partial charge >= 0.3 is 0 Å². The normalized spacial score (nSPS) is 12.4. The molecular weight excluding hydrogens is 325 g/mol. The SMILES string of the molecule is CCn1cc(Cl)c(CN(C)C(=O)C(C)Cn2cc(Cl)cn2)n1. The summed E-state index contributed by atoms with van der Waals surface area (Å²) in [5.41, 5.74) is 0.703. The van der Waals surface area contributed by atoms with E-state index in [1.54, 1.807) is 39.9 Å². The average Bonchev–Trinajstić information content (AvgIpc) is 3.04. The Bertz CT molecular complexity index is 651. The summed E-state index contributed by atoms with van der Waals surface area (Å²) in [6.07, 6.45) is 5.02. The van der Waals surface area contributed by atoms with Crippen LogP contribution in [-0.4, -0.2) is 37.4 Å². The van der Waals surface area contributed by atoms with E-state index in [1.807, 2.05) is 13.8 Å². The molecule has 0 aliphatic carbocycles. The van der Waals surface area contributed by atoms with E-state index in [9.17, 15) is 4.79 Å². The van der Waals surface area contributed by atoms with Crippen LogP contribution in [0.25, 0.3) is 0 Å². The number of rotatable bonds is 6. The van der Waals surface area contributed by atoms with Crippen molar-refractivity contribution in [2.75, 3.05) is 7.05 Å². The fourth-order valence-electron chi connectivity index (χ4n) is 2.18. The van der Waals surface area contributed by atoms with Gasteiger partial charge in [0.25, 0.3) is 0 Å². The van der Waals surface area contributed by atoms with Crippen LogP contribution in [-0.2, 0) is 24.4 Å². The zero-order valence-corrected chi connectivity index (χ0v) is 14.3. The molecule has 0 radical (unpaired) electrons. The van der Waals surface area contributed by atoms with Gasteiger partial charge in [-0.3, -0.25) is 14.2 Å². The third kappa shape index (κ3) is 4.01. The molecule has 2 heterocycles. The molecule has 6 nitrogen and oxygen atoms in total. The Kier molecular flexibility index (Phi) is 5.47. The Morgan fingerprint density at radius 3 is 2.64 bits per heavy atom. The van der Waals surface area contributed by atoms with E-state index in [2.05, 4.69) is 10.2 Å². The summed E-state index contributed by atoms with van der Waals surface area (Å²) in [6.45, 7) is 5.45. The van der Waals surface area contributed by atoms with Crippen molar-refractivity contribution >= 4 is 29.1 Å². The molecule has 8 heteroatoms. The van der Waals surface area contributed by atoms with Crippen LogP contribution in [0.5, 0.6) is 0 Å². The molecule has 1 unspecified atom stereocenters. The third-order valence-corrected chi connectivity index (χ3v) is 3.87. The minimum absolute atomic E-state index is 0.00809. The number of nitrogens with zero attached hydrogens (tertiary/aromatic N) is 5. The Balaban J connectivity index is 1.97. The van der Waals surface area contributed by atoms with E-state index in [0.717, 1.165) is 6.54 Å². The van der Waals surface area contributed by atoms with Gasteiger partial charge in [-0.2, -0.15) is 10.2 Å². The van der Waals surface area contributed by atoms with Crippen LogP contribution in [0.2, 0.25) is 10.0 Å². The lowest BCUT2D eigenvalue weighted by Crippen LogP contribution is -2.33. The van der Waals surface area contributed by atoms with Crippen molar-refractivity contribution in [1.82, 2.24) is 24.5 Å². The van der Waals surface area contributed by atoms with E-state index >= 15 is 0 Å². The number of aromatic nitrogens is 4. The van der Waals surface area contributed by atoms with E-state index in [1.165, 1.54) is 0 Å². The summed E-state index contributed by atoms with van der Waals surface area (Å²) in [5, 5.41) is 9.58. The van der Waals surface area contributed by atoms with Crippen LogP contribution in [0.3, 0.4) is 0 Å². The number of hydrogen-bond donors (Lipinski definition) is 0. The van der Waals surface area contributed by atoms with E-state index in [0.29, 0.717) is 28.8 Å². The maximum atomic E-state index is 12.4. The second-order valence-corrected chi connectivity index (χ2v) is 6.10. The standard InChI is InChI=1S/C14H19Cl2N5O/c1-4-20-8-12(16)13(18-20)9-19(3)14(22)10(2)6-21-7-11(15)5-17-21/h5,7-8,10H,4,6,9H2,1-3H3. The van der Waals surface area contributed by atoms with Crippen molar-refractivity contribution in [3.63, 3.8) is 0 Å². The van der Waals surface area contributed by atoms with Crippen LogP contribution in [0.4, 0.5) is 0 Å². The maximum absolute atomic E-state index is 12.4. The Labute approximate surface area is 139 Å². The molecule has 120 valence electrons. The minimum Gasteiger partial charge on any atom is -0.339 e. The predicted molar refractivity (Wildman–Crippen MR) is 85.8 cm³/mol. The fourth-order valence-corrected chi connectivity index (χ4v) is 2.55. The van der Waals surface area contributed by atoms with Gasteiger partial charge in [0.1, 0.15) is 5.69 Å². The fraction of sp³-hybridized carbons (Fsp3) is 0.500. The van der Waals surface area contributed by atoms with Gasteiger partial charge in [0, 0.05) is 26.0 Å². The lowest BCUT2D eigenvalue weighted by molar-refractivity contribution is -0.134. The summed E-state index contributed by atoms with van der Waals surface area (Å²) in [6, 6.07) is 0. The molecule has 1 amide bonds. The zero-order valence-electron chi connectivity index (χ0n) is 12.8. The maximum Gasteiger partial charge on any atom is 0.227 e. The second kappa shape index (κ2) is 7.15. The van der Waals surface area contributed by atoms with Crippen LogP contribution < -0.4 is 0 Å². The first kappa shape index (κ1) is 16.8. The topological polar surface area (TPSA) is 56.0 Å². The zero-order chi connectivity index (χ0) is 16.3. The number of carbonyl (C=O) groups excluding carboxylic acids is 1. The van der Waals surface area contributed by atoms with Crippen molar-refractivity contribution in [2.24, 2.45) is 5.92 Å². The highest BCUT2D eigenvalue weighted by Crippen LogP contribution is 2.17. The largest absolute Gasteiger partial charge is 0.339 e. The van der Waals surface area contributed by atoms with Gasteiger partial charge in [0.15, 0.2) is 0 Å². The summed E-state index contributed by atoms with van der Waals surface area (Å²) >= 11 is 12.0. The van der Waals surface area contributed by atoms with Gasteiger partial charge in [-0.25, -0.2) is 0 Å². The lowest BCUT2D eigenvalue weighted by atomic mass is 10.1. The molecule has 0 fully saturated rings. The number of amides is 1. The van der Waals surface area contributed by atoms with Crippen molar-refractivity contribution < 1.29 is 4.79 Å². The molecule has 0 bridgehead atoms. The number of halogens is 2. The molecule has 2 rings (SSSR count). The first-order valence-corrected chi connectivity index (χ1v) is 7.81. The summed E-state index contributed by atoms with van der Waals surface area (Å²) in [5.74, 6) is -0.207. The van der Waals surface area contributed by atoms with Gasteiger partial charge in [-0.05, 0) is 6.92 Å². The second-order valence-electron chi connectivity index (χ2n) is 5.26. The molecule has 2 aromatic rings. The van der Waals surface area contributed by atoms with Crippen LogP contribution in [0.1, 0.15) is 19.5 Å². The molecule has 0 aliphatic rings. The third-order valence-electron chi connectivity index (χ3n) is 3.36. The van der Waals surface area contributed by atoms with Gasteiger partial charge in [0.05, 0.1) is 35.2 Å². The van der Waals surface area contributed by atoms with Crippen molar-refractivity contribution in [3.05, 3.63) is 34.3 Å². The molecule has 0 spiro atoms. The molecule has 1 atom stereocenters. The van der Waals surface area contributed by atoms with Gasteiger partial charge < -0.3 is 4.90 Å². The Morgan fingerprint density at radius 1 is 1.36 bits per heavy atom. The van der Waals surface area contributed by atoms with E-state index < -0.39 is 0 Å². The first-order valence-electron chi connectivity index (χ1n) is 7.05. The van der Waals surface area contributed by atoms with E-state index in [4.69, 9.17) is 23.2 Å². The van der Waals surface area contributed by atoms with Crippen molar-refractivity contribution in [3.8, 4) is 0 Å². The average molecular weight is 344 g/mol. The number of carbonyl (C=O) groups is 1. The van der Waals surface area contributed by atoms with Crippen molar-refractivity contribution in [2.45, 2.75) is 33.5 Å². The molecule has 0 saturated heterocycles. The van der Waals surface area contributed by atoms with Crippen LogP contribution in [0, 0.1) is 5.92 Å². The summed E-state index contributed by atoms with van der Waals surface area (Å²) < 4.78 is 3.42. The van der Waals surface area contributed by atoms with Gasteiger partial charge in [-0.1, -0.05) is 30.1 Å². The highest BCUT2D eigenvalue weighted by Gasteiger charge is 2.20. The number of hydrogen-bond acceptors (Lipinski definition) is 3. The quantitative estimate of drug-likeness (QED) is 0.810. The summed E-state index contributed by atoms with van der Waals surface area (Å²) in [4.78, 5) is 14.0. The first-order chi connectivity index (χ1) is 10.4. The highest BCUT2D eigenvalue weighted by molar-refractivity contribution is 6.31. The van der Waals surface area contributed by atoms with Gasteiger partial charge in [0.2, 0.25) is 5.91 Å².